The molecule has 142 valence electrons. The quantitative estimate of drug-likeness (QED) is 0.358. The number of nitriles is 1. The molecule has 0 saturated carbocycles. The molecule has 3 aromatic carbocycles. The number of nitrogens with one attached hydrogen (secondary N) is 1. The van der Waals surface area contributed by atoms with Crippen LogP contribution in [0, 0.1) is 11.3 Å². The first-order chi connectivity index (χ1) is 14.3. The molecule has 0 radical (unpaired) electrons. The van der Waals surface area contributed by atoms with Crippen molar-refractivity contribution in [2.24, 2.45) is 0 Å². The lowest BCUT2D eigenvalue weighted by Gasteiger charge is -2.08. The summed E-state index contributed by atoms with van der Waals surface area (Å²) in [6, 6.07) is 27.1. The summed E-state index contributed by atoms with van der Waals surface area (Å²) in [4.78, 5) is 7.67. The van der Waals surface area contributed by atoms with E-state index in [-0.39, 0.29) is 0 Å². The van der Waals surface area contributed by atoms with Gasteiger partial charge in [0.2, 0.25) is 0 Å². The van der Waals surface area contributed by atoms with Crippen LogP contribution in [0.15, 0.2) is 78.9 Å². The Balaban J connectivity index is 1.38. The van der Waals surface area contributed by atoms with E-state index < -0.39 is 0 Å². The minimum absolute atomic E-state index is 0.451. The molecule has 4 aromatic rings. The molecule has 5 nitrogen and oxygen atoms in total. The Morgan fingerprint density at radius 3 is 2.21 bits per heavy atom. The molecular formula is C24H19N3O2. The van der Waals surface area contributed by atoms with Crippen LogP contribution < -0.4 is 9.47 Å². The number of aromatic nitrogens is 2. The number of hydrogen-bond donors (Lipinski definition) is 1. The lowest BCUT2D eigenvalue weighted by Crippen LogP contribution is -2.08. The fraction of sp³-hybridized carbons (Fsp3) is 0.0833. The molecule has 0 fully saturated rings. The number of para-hydroxylation sites is 3. The van der Waals surface area contributed by atoms with Crippen LogP contribution in [-0.4, -0.2) is 23.2 Å². The van der Waals surface area contributed by atoms with Crippen molar-refractivity contribution in [3.63, 3.8) is 0 Å². The standard InChI is InChI=1S/C24H19N3O2/c25-17-19(24-26-22-8-4-5-9-23(22)27-24)16-18-10-12-21(13-11-18)29-15-14-28-20-6-2-1-3-7-20/h1-13,16H,14-15H2,(H,26,27)/b19-16+. The molecule has 4 rings (SSSR count). The zero-order valence-corrected chi connectivity index (χ0v) is 15.7. The number of imidazole rings is 1. The van der Waals surface area contributed by atoms with Crippen LogP contribution in [0.25, 0.3) is 22.7 Å². The van der Waals surface area contributed by atoms with E-state index in [1.165, 1.54) is 0 Å². The molecule has 0 amide bonds. The molecular weight excluding hydrogens is 362 g/mol. The Morgan fingerprint density at radius 1 is 0.862 bits per heavy atom. The minimum atomic E-state index is 0.451. The zero-order valence-electron chi connectivity index (χ0n) is 15.7. The number of aromatic amines is 1. The fourth-order valence-corrected chi connectivity index (χ4v) is 2.90. The Kier molecular flexibility index (Phi) is 5.54. The number of H-pyrrole nitrogens is 1. The van der Waals surface area contributed by atoms with Gasteiger partial charge in [0.05, 0.1) is 16.6 Å². The van der Waals surface area contributed by atoms with Crippen molar-refractivity contribution < 1.29 is 9.47 Å². The summed E-state index contributed by atoms with van der Waals surface area (Å²) in [5.41, 5.74) is 3.12. The number of hydrogen-bond acceptors (Lipinski definition) is 4. The summed E-state index contributed by atoms with van der Waals surface area (Å²) in [5.74, 6) is 2.14. The van der Waals surface area contributed by atoms with Gasteiger partial charge in [-0.2, -0.15) is 5.26 Å². The van der Waals surface area contributed by atoms with Crippen molar-refractivity contribution in [2.45, 2.75) is 0 Å². The number of ether oxygens (including phenoxy) is 2. The van der Waals surface area contributed by atoms with E-state index in [4.69, 9.17) is 9.47 Å². The molecule has 0 unspecified atom stereocenters. The molecule has 1 heterocycles. The Labute approximate surface area is 168 Å². The second-order valence-corrected chi connectivity index (χ2v) is 6.35. The summed E-state index contributed by atoms with van der Waals surface area (Å²) in [5, 5.41) is 9.54. The van der Waals surface area contributed by atoms with Gasteiger partial charge in [0.15, 0.2) is 0 Å². The maximum atomic E-state index is 9.54. The van der Waals surface area contributed by atoms with Crippen LogP contribution in [0.3, 0.4) is 0 Å². The van der Waals surface area contributed by atoms with Gasteiger partial charge in [0, 0.05) is 0 Å². The highest BCUT2D eigenvalue weighted by Crippen LogP contribution is 2.20. The zero-order chi connectivity index (χ0) is 19.9. The van der Waals surface area contributed by atoms with Crippen molar-refractivity contribution in [1.82, 2.24) is 9.97 Å². The third kappa shape index (κ3) is 4.63. The highest BCUT2D eigenvalue weighted by molar-refractivity contribution is 5.90. The third-order valence-electron chi connectivity index (χ3n) is 4.32. The van der Waals surface area contributed by atoms with E-state index in [0.29, 0.717) is 24.6 Å². The van der Waals surface area contributed by atoms with Crippen LogP contribution in [-0.2, 0) is 0 Å². The fourth-order valence-electron chi connectivity index (χ4n) is 2.90. The van der Waals surface area contributed by atoms with Crippen LogP contribution in [0.1, 0.15) is 11.4 Å². The average Bonchev–Trinajstić information content (AvgIpc) is 3.21. The molecule has 29 heavy (non-hydrogen) atoms. The highest BCUT2D eigenvalue weighted by Gasteiger charge is 2.07. The number of nitrogens with zero attached hydrogens (tertiary/aromatic N) is 2. The van der Waals surface area contributed by atoms with Crippen molar-refractivity contribution in [3.8, 4) is 17.6 Å². The van der Waals surface area contributed by atoms with E-state index in [9.17, 15) is 5.26 Å². The van der Waals surface area contributed by atoms with Gasteiger partial charge in [-0.25, -0.2) is 4.98 Å². The number of benzene rings is 3. The van der Waals surface area contributed by atoms with Gasteiger partial charge in [0.1, 0.15) is 36.6 Å². The van der Waals surface area contributed by atoms with E-state index in [2.05, 4.69) is 16.0 Å². The first kappa shape index (κ1) is 18.3. The van der Waals surface area contributed by atoms with Gasteiger partial charge in [-0.1, -0.05) is 42.5 Å². The molecule has 0 saturated heterocycles. The SMILES string of the molecule is N#C/C(=C\c1ccc(OCCOc2ccccc2)cc1)c1nc2ccccc2[nH]1. The first-order valence-corrected chi connectivity index (χ1v) is 9.29. The van der Waals surface area contributed by atoms with Crippen LogP contribution in [0.5, 0.6) is 11.5 Å². The van der Waals surface area contributed by atoms with Gasteiger partial charge in [-0.05, 0) is 48.0 Å². The lowest BCUT2D eigenvalue weighted by atomic mass is 10.1. The molecule has 5 heteroatoms. The average molecular weight is 381 g/mol. The molecule has 0 spiro atoms. The monoisotopic (exact) mass is 381 g/mol. The lowest BCUT2D eigenvalue weighted by molar-refractivity contribution is 0.217. The number of allylic oxidation sites excluding steroid dienone is 1. The van der Waals surface area contributed by atoms with Crippen molar-refractivity contribution in [2.75, 3.05) is 13.2 Å². The summed E-state index contributed by atoms with van der Waals surface area (Å²) < 4.78 is 11.3. The van der Waals surface area contributed by atoms with E-state index in [1.807, 2.05) is 78.9 Å². The molecule has 0 aliphatic rings. The largest absolute Gasteiger partial charge is 0.490 e. The number of rotatable bonds is 7. The molecule has 0 atom stereocenters. The van der Waals surface area contributed by atoms with Gasteiger partial charge in [0.25, 0.3) is 0 Å². The molecule has 0 aliphatic carbocycles. The molecule has 1 N–H and O–H groups in total. The predicted octanol–water partition coefficient (Wildman–Crippen LogP) is 5.08. The summed E-state index contributed by atoms with van der Waals surface area (Å²) >= 11 is 0. The second-order valence-electron chi connectivity index (χ2n) is 6.35. The van der Waals surface area contributed by atoms with Crippen LogP contribution >= 0.6 is 0 Å². The van der Waals surface area contributed by atoms with E-state index in [0.717, 1.165) is 28.1 Å². The van der Waals surface area contributed by atoms with Crippen LogP contribution in [0.4, 0.5) is 0 Å². The van der Waals surface area contributed by atoms with Gasteiger partial charge < -0.3 is 14.5 Å². The Hall–Kier alpha value is -4.04. The van der Waals surface area contributed by atoms with E-state index in [1.54, 1.807) is 6.08 Å². The molecule has 0 bridgehead atoms. The topological polar surface area (TPSA) is 70.9 Å². The van der Waals surface area contributed by atoms with Crippen LogP contribution in [0.2, 0.25) is 0 Å². The third-order valence-corrected chi connectivity index (χ3v) is 4.32. The van der Waals surface area contributed by atoms with Crippen molar-refractivity contribution in [1.29, 1.82) is 5.26 Å². The normalized spacial score (nSPS) is 11.2. The molecule has 1 aromatic heterocycles. The van der Waals surface area contributed by atoms with Gasteiger partial charge in [-0.15, -0.1) is 0 Å². The Bertz CT molecular complexity index is 1120. The Morgan fingerprint density at radius 2 is 1.52 bits per heavy atom. The summed E-state index contributed by atoms with van der Waals surface area (Å²) in [6.45, 7) is 0.919. The maximum Gasteiger partial charge on any atom is 0.149 e. The summed E-state index contributed by atoms with van der Waals surface area (Å²) in [7, 11) is 0. The molecule has 0 aliphatic heterocycles. The second kappa shape index (κ2) is 8.77. The summed E-state index contributed by atoms with van der Waals surface area (Å²) in [6.07, 6.45) is 1.81. The van der Waals surface area contributed by atoms with E-state index >= 15 is 0 Å². The van der Waals surface area contributed by atoms with Crippen molar-refractivity contribution in [3.05, 3.63) is 90.3 Å². The van der Waals surface area contributed by atoms with Gasteiger partial charge in [-0.3, -0.25) is 0 Å². The first-order valence-electron chi connectivity index (χ1n) is 9.29. The minimum Gasteiger partial charge on any atom is -0.490 e. The van der Waals surface area contributed by atoms with Gasteiger partial charge >= 0.3 is 0 Å². The maximum absolute atomic E-state index is 9.54. The smallest absolute Gasteiger partial charge is 0.149 e. The predicted molar refractivity (Wildman–Crippen MR) is 113 cm³/mol. The van der Waals surface area contributed by atoms with Crippen molar-refractivity contribution >= 4 is 22.7 Å². The highest BCUT2D eigenvalue weighted by atomic mass is 16.5. The number of fused-ring (bicyclic) bond motifs is 1.